The maximum Gasteiger partial charge on any atom is 0.586 e. The van der Waals surface area contributed by atoms with Gasteiger partial charge in [-0.05, 0) is 36.4 Å². The average Bonchev–Trinajstić information content (AvgIpc) is 3.29. The molecule has 4 rings (SSSR count). The zero-order valence-electron chi connectivity index (χ0n) is 15.1. The molecule has 0 fully saturated rings. The Balaban J connectivity index is 1.56. The summed E-state index contributed by atoms with van der Waals surface area (Å²) < 4.78 is 45.5. The molecule has 0 aliphatic carbocycles. The summed E-state index contributed by atoms with van der Waals surface area (Å²) in [7, 11) is 3.09. The summed E-state index contributed by atoms with van der Waals surface area (Å²) >= 11 is 0. The predicted octanol–water partition coefficient (Wildman–Crippen LogP) is 3.28. The van der Waals surface area contributed by atoms with E-state index in [0.29, 0.717) is 30.2 Å². The van der Waals surface area contributed by atoms with E-state index in [1.165, 1.54) is 30.3 Å². The van der Waals surface area contributed by atoms with Gasteiger partial charge in [-0.2, -0.15) is 5.10 Å². The summed E-state index contributed by atoms with van der Waals surface area (Å²) in [6.07, 6.45) is -3.18. The Morgan fingerprint density at radius 3 is 2.57 bits per heavy atom. The van der Waals surface area contributed by atoms with Gasteiger partial charge >= 0.3 is 6.29 Å². The molecule has 0 unspecified atom stereocenters. The number of benzene rings is 2. The van der Waals surface area contributed by atoms with Gasteiger partial charge in [0, 0.05) is 17.5 Å². The van der Waals surface area contributed by atoms with Crippen molar-refractivity contribution in [3.8, 4) is 23.0 Å². The largest absolute Gasteiger partial charge is 0.586 e. The molecule has 146 valence electrons. The van der Waals surface area contributed by atoms with Gasteiger partial charge in [0.2, 0.25) is 0 Å². The second-order valence-corrected chi connectivity index (χ2v) is 6.12. The van der Waals surface area contributed by atoms with Crippen LogP contribution in [0.5, 0.6) is 23.0 Å². The molecule has 2 aromatic carbocycles. The summed E-state index contributed by atoms with van der Waals surface area (Å²) in [5, 5.41) is 5.66. The van der Waals surface area contributed by atoms with Crippen LogP contribution in [0.4, 0.5) is 8.78 Å². The van der Waals surface area contributed by atoms with E-state index >= 15 is 0 Å². The Kier molecular flexibility index (Phi) is 4.29. The van der Waals surface area contributed by atoms with Gasteiger partial charge < -0.3 is 18.9 Å². The smallest absolute Gasteiger partial charge is 0.493 e. The molecule has 2 aliphatic heterocycles. The monoisotopic (exact) mass is 390 g/mol. The minimum absolute atomic E-state index is 0.113. The molecule has 0 saturated heterocycles. The molecule has 0 saturated carbocycles. The lowest BCUT2D eigenvalue weighted by molar-refractivity contribution is -0.286. The summed E-state index contributed by atoms with van der Waals surface area (Å²) in [4.78, 5) is 12.7. The van der Waals surface area contributed by atoms with Crippen LogP contribution in [0.2, 0.25) is 0 Å². The molecule has 1 amide bonds. The molecule has 2 heterocycles. The fraction of sp³-hybridized carbons (Fsp3) is 0.263. The minimum Gasteiger partial charge on any atom is -0.493 e. The lowest BCUT2D eigenvalue weighted by Crippen LogP contribution is -2.26. The highest BCUT2D eigenvalue weighted by atomic mass is 19.3. The highest BCUT2D eigenvalue weighted by molar-refractivity contribution is 6.04. The maximum absolute atomic E-state index is 13.1. The number of hydrogen-bond donors (Lipinski definition) is 0. The minimum atomic E-state index is -3.73. The van der Waals surface area contributed by atoms with Crippen LogP contribution >= 0.6 is 0 Å². The maximum atomic E-state index is 13.1. The number of carbonyl (C=O) groups excluding carboxylic acids is 1. The third-order valence-corrected chi connectivity index (χ3v) is 4.40. The summed E-state index contributed by atoms with van der Waals surface area (Å²) in [6.45, 7) is 0.368. The van der Waals surface area contributed by atoms with Gasteiger partial charge in [0.05, 0.1) is 26.5 Å². The third-order valence-electron chi connectivity index (χ3n) is 4.40. The van der Waals surface area contributed by atoms with E-state index in [2.05, 4.69) is 14.6 Å². The SMILES string of the molecule is COc1ccc(C2=NN(C(=O)c3ccc4c(c3)OC(F)(F)O4)CC2)cc1OC. The number of amides is 1. The number of hydrogen-bond acceptors (Lipinski definition) is 6. The van der Waals surface area contributed by atoms with Crippen LogP contribution in [0.1, 0.15) is 22.3 Å². The highest BCUT2D eigenvalue weighted by Gasteiger charge is 2.43. The number of alkyl halides is 2. The molecule has 28 heavy (non-hydrogen) atoms. The summed E-state index contributed by atoms with van der Waals surface area (Å²) in [5.74, 6) is 0.438. The number of methoxy groups -OCH3 is 2. The lowest BCUT2D eigenvalue weighted by atomic mass is 10.1. The number of rotatable bonds is 4. The number of carbonyl (C=O) groups is 1. The first-order chi connectivity index (χ1) is 13.4. The Bertz CT molecular complexity index is 977. The second-order valence-electron chi connectivity index (χ2n) is 6.12. The van der Waals surface area contributed by atoms with E-state index < -0.39 is 12.2 Å². The lowest BCUT2D eigenvalue weighted by Gasteiger charge is -2.11. The van der Waals surface area contributed by atoms with Gasteiger partial charge in [0.15, 0.2) is 23.0 Å². The molecule has 2 aromatic rings. The first-order valence-electron chi connectivity index (χ1n) is 8.42. The molecule has 0 bridgehead atoms. The van der Waals surface area contributed by atoms with Crippen molar-refractivity contribution in [3.05, 3.63) is 47.5 Å². The van der Waals surface area contributed by atoms with Crippen LogP contribution < -0.4 is 18.9 Å². The molecule has 9 heteroatoms. The number of halogens is 2. The van der Waals surface area contributed by atoms with Crippen LogP contribution in [0, 0.1) is 0 Å². The van der Waals surface area contributed by atoms with Crippen molar-refractivity contribution >= 4 is 11.6 Å². The normalized spacial score (nSPS) is 16.7. The standard InChI is InChI=1S/C19H16F2N2O5/c1-25-14-5-3-11(9-16(14)26-2)13-7-8-23(22-13)18(24)12-4-6-15-17(10-12)28-19(20,21)27-15/h3-6,9-10H,7-8H2,1-2H3. The zero-order valence-corrected chi connectivity index (χ0v) is 15.1. The topological polar surface area (TPSA) is 69.6 Å². The molecular formula is C19H16F2N2O5. The van der Waals surface area contributed by atoms with E-state index in [9.17, 15) is 13.6 Å². The first kappa shape index (κ1) is 18.0. The number of ether oxygens (including phenoxy) is 4. The van der Waals surface area contributed by atoms with Crippen LogP contribution in [-0.2, 0) is 0 Å². The molecule has 0 N–H and O–H groups in total. The van der Waals surface area contributed by atoms with E-state index in [4.69, 9.17) is 9.47 Å². The van der Waals surface area contributed by atoms with E-state index in [1.807, 2.05) is 6.07 Å². The van der Waals surface area contributed by atoms with Gasteiger partial charge in [-0.15, -0.1) is 8.78 Å². The summed E-state index contributed by atoms with van der Waals surface area (Å²) in [5.41, 5.74) is 1.69. The highest BCUT2D eigenvalue weighted by Crippen LogP contribution is 2.41. The van der Waals surface area contributed by atoms with E-state index in [0.717, 1.165) is 5.56 Å². The van der Waals surface area contributed by atoms with Gasteiger partial charge in [-0.3, -0.25) is 4.79 Å². The van der Waals surface area contributed by atoms with Crippen molar-refractivity contribution in [2.24, 2.45) is 5.10 Å². The number of hydrazone groups is 1. The quantitative estimate of drug-likeness (QED) is 0.802. The van der Waals surface area contributed by atoms with Crippen molar-refractivity contribution < 1.29 is 32.5 Å². The van der Waals surface area contributed by atoms with Crippen molar-refractivity contribution in [2.45, 2.75) is 12.7 Å². The molecule has 0 radical (unpaired) electrons. The van der Waals surface area contributed by atoms with Crippen molar-refractivity contribution in [1.82, 2.24) is 5.01 Å². The molecule has 2 aliphatic rings. The first-order valence-corrected chi connectivity index (χ1v) is 8.42. The van der Waals surface area contributed by atoms with Gasteiger partial charge in [0.25, 0.3) is 5.91 Å². The van der Waals surface area contributed by atoms with Crippen LogP contribution in [-0.4, -0.2) is 43.7 Å². The fourth-order valence-corrected chi connectivity index (χ4v) is 3.05. The molecular weight excluding hydrogens is 374 g/mol. The summed E-state index contributed by atoms with van der Waals surface area (Å²) in [6, 6.07) is 9.28. The molecule has 0 aromatic heterocycles. The number of fused-ring (bicyclic) bond motifs is 1. The number of nitrogens with zero attached hydrogens (tertiary/aromatic N) is 2. The second kappa shape index (κ2) is 6.66. The molecule has 0 atom stereocenters. The third kappa shape index (κ3) is 3.19. The Hall–Kier alpha value is -3.36. The average molecular weight is 390 g/mol. The van der Waals surface area contributed by atoms with E-state index in [1.54, 1.807) is 19.2 Å². The fourth-order valence-electron chi connectivity index (χ4n) is 3.05. The van der Waals surface area contributed by atoms with Crippen LogP contribution in [0.3, 0.4) is 0 Å². The van der Waals surface area contributed by atoms with Crippen molar-refractivity contribution in [1.29, 1.82) is 0 Å². The van der Waals surface area contributed by atoms with E-state index in [-0.39, 0.29) is 17.1 Å². The van der Waals surface area contributed by atoms with Gasteiger partial charge in [0.1, 0.15) is 0 Å². The van der Waals surface area contributed by atoms with Crippen LogP contribution in [0.25, 0.3) is 0 Å². The Morgan fingerprint density at radius 2 is 1.82 bits per heavy atom. The Labute approximate surface area is 159 Å². The van der Waals surface area contributed by atoms with Crippen LogP contribution in [0.15, 0.2) is 41.5 Å². The zero-order chi connectivity index (χ0) is 19.9. The predicted molar refractivity (Wildman–Crippen MR) is 94.4 cm³/mol. The van der Waals surface area contributed by atoms with Crippen molar-refractivity contribution in [2.75, 3.05) is 20.8 Å². The molecule has 0 spiro atoms. The molecule has 7 nitrogen and oxygen atoms in total. The van der Waals surface area contributed by atoms with Gasteiger partial charge in [-0.25, -0.2) is 5.01 Å². The van der Waals surface area contributed by atoms with Crippen molar-refractivity contribution in [3.63, 3.8) is 0 Å². The van der Waals surface area contributed by atoms with Gasteiger partial charge in [-0.1, -0.05) is 0 Å². The Morgan fingerprint density at radius 1 is 1.07 bits per heavy atom.